The molecule has 0 spiro atoms. The van der Waals surface area contributed by atoms with Crippen LogP contribution in [0.5, 0.6) is 0 Å². The van der Waals surface area contributed by atoms with E-state index in [9.17, 15) is 0 Å². The van der Waals surface area contributed by atoms with Gasteiger partial charge in [-0.25, -0.2) is 0 Å². The summed E-state index contributed by atoms with van der Waals surface area (Å²) in [5.74, 6) is 0. The van der Waals surface area contributed by atoms with E-state index in [1.807, 2.05) is 0 Å². The molecule has 0 aliphatic carbocycles. The normalized spacial score (nSPS) is 13.8. The van der Waals surface area contributed by atoms with Crippen molar-refractivity contribution in [1.29, 1.82) is 0 Å². The molecule has 0 aliphatic rings. The number of alkyl halides is 4. The highest BCUT2D eigenvalue weighted by atomic mass is 79.9. The topological polar surface area (TPSA) is 0 Å². The lowest BCUT2D eigenvalue weighted by Crippen LogP contribution is -2.04. The zero-order valence-corrected chi connectivity index (χ0v) is 14.7. The lowest BCUT2D eigenvalue weighted by Gasteiger charge is -2.00. The average Bonchev–Trinajstić information content (AvgIpc) is 1.79. The van der Waals surface area contributed by atoms with Crippen LogP contribution < -0.4 is 0 Å². The molecule has 0 aromatic carbocycles. The fraction of sp³-hybridized carbons (Fsp3) is 1.00. The van der Waals surface area contributed by atoms with E-state index in [1.165, 1.54) is 12.1 Å². The van der Waals surface area contributed by atoms with Gasteiger partial charge in [0.2, 0.25) is 0 Å². The summed E-state index contributed by atoms with van der Waals surface area (Å²) in [6.45, 7) is 0. The molecule has 0 fully saturated rings. The lowest BCUT2D eigenvalue weighted by molar-refractivity contribution is 1.40. The van der Waals surface area contributed by atoms with Gasteiger partial charge in [0.15, 0.2) is 0 Å². The molecule has 10 heavy (non-hydrogen) atoms. The highest BCUT2D eigenvalue weighted by Crippen LogP contribution is 2.12. The van der Waals surface area contributed by atoms with E-state index in [0.717, 1.165) is 0 Å². The number of halogens is 4. The van der Waals surface area contributed by atoms with E-state index >= 15 is 0 Å². The molecule has 6 heteroatoms. The van der Waals surface area contributed by atoms with Crippen molar-refractivity contribution in [3.8, 4) is 0 Å². The molecule has 62 valence electrons. The summed E-state index contributed by atoms with van der Waals surface area (Å²) in [4.78, 5) is 0. The van der Waals surface area contributed by atoms with Crippen molar-refractivity contribution in [2.24, 2.45) is 0 Å². The van der Waals surface area contributed by atoms with Crippen LogP contribution in [0.4, 0.5) is 0 Å². The van der Waals surface area contributed by atoms with E-state index < -0.39 is 0 Å². The summed E-state index contributed by atoms with van der Waals surface area (Å²) in [6, 6.07) is 2.95. The van der Waals surface area contributed by atoms with Crippen LogP contribution >= 0.6 is 63.7 Å². The molecule has 0 heterocycles. The molecule has 0 N–H and O–H groups in total. The van der Waals surface area contributed by atoms with Crippen LogP contribution in [0, 0.1) is 0 Å². The molecule has 0 aromatic rings. The lowest BCUT2D eigenvalue weighted by atomic mass is 10.9. The molecule has 0 radical (unpaired) electrons. The molecule has 0 saturated heterocycles. The smallest absolute Gasteiger partial charge is 0.0551 e. The third-order valence-electron chi connectivity index (χ3n) is 1.09. The zero-order chi connectivity index (χ0) is 7.98. The van der Waals surface area contributed by atoms with Gasteiger partial charge in [0.25, 0.3) is 0 Å². The first-order chi connectivity index (χ1) is 4.63. The van der Waals surface area contributed by atoms with Crippen LogP contribution in [0.25, 0.3) is 0 Å². The van der Waals surface area contributed by atoms with Gasteiger partial charge >= 0.3 is 0 Å². The predicted molar refractivity (Wildman–Crippen MR) is 70.0 cm³/mol. The second kappa shape index (κ2) is 7.98. The number of rotatable bonds is 5. The van der Waals surface area contributed by atoms with Crippen molar-refractivity contribution in [2.45, 2.75) is 18.8 Å². The molecule has 0 saturated carbocycles. The summed E-state index contributed by atoms with van der Waals surface area (Å²) in [6.07, 6.45) is 0. The zero-order valence-electron chi connectivity index (χ0n) is 5.49. The average molecular weight is 434 g/mol. The molecule has 0 atom stereocenters. The van der Waals surface area contributed by atoms with Crippen LogP contribution in [0.2, 0.25) is 12.1 Å². The minimum Gasteiger partial charge on any atom is -0.0810 e. The summed E-state index contributed by atoms with van der Waals surface area (Å²) in [7, 11) is 0.259. The van der Waals surface area contributed by atoms with Gasteiger partial charge in [-0.3, -0.25) is 0 Å². The van der Waals surface area contributed by atoms with Crippen LogP contribution in [0.1, 0.15) is 0 Å². The molecule has 0 bridgehead atoms. The van der Waals surface area contributed by atoms with Gasteiger partial charge in [0.1, 0.15) is 0 Å². The maximum atomic E-state index is 3.51. The molecule has 0 rings (SSSR count). The van der Waals surface area contributed by atoms with Gasteiger partial charge in [-0.1, -0.05) is 75.8 Å². The molecular formula is C4H10Br4Si2. The Morgan fingerprint density at radius 3 is 1.30 bits per heavy atom. The SMILES string of the molecule is BrC(Br)[SiH2]CC[SiH2]C(Br)Br. The fourth-order valence-electron chi connectivity index (χ4n) is 0.597. The Balaban J connectivity index is 2.91. The highest BCUT2D eigenvalue weighted by Gasteiger charge is 2.01. The van der Waals surface area contributed by atoms with Gasteiger partial charge in [0, 0.05) is 19.0 Å². The fourth-order valence-corrected chi connectivity index (χ4v) is 7.41. The molecule has 0 nitrogen and oxygen atoms in total. The maximum absolute atomic E-state index is 3.51. The quantitative estimate of drug-likeness (QED) is 0.354. The summed E-state index contributed by atoms with van der Waals surface area (Å²) in [5, 5.41) is 0. The van der Waals surface area contributed by atoms with Gasteiger partial charge < -0.3 is 0 Å². The molecular weight excluding hydrogens is 424 g/mol. The summed E-state index contributed by atoms with van der Waals surface area (Å²) < 4.78 is 1.30. The van der Waals surface area contributed by atoms with Crippen LogP contribution in [-0.2, 0) is 0 Å². The Morgan fingerprint density at radius 1 is 0.800 bits per heavy atom. The molecule has 0 amide bonds. The van der Waals surface area contributed by atoms with E-state index in [2.05, 4.69) is 63.7 Å². The molecule has 0 aliphatic heterocycles. The Bertz CT molecular complexity index is 67.7. The monoisotopic (exact) mass is 430 g/mol. The van der Waals surface area contributed by atoms with E-state index in [1.54, 1.807) is 0 Å². The third kappa shape index (κ3) is 10.4. The van der Waals surface area contributed by atoms with E-state index in [0.29, 0.717) is 6.72 Å². The Labute approximate surface area is 100 Å². The maximum Gasteiger partial charge on any atom is 0.0551 e. The Kier molecular flexibility index (Phi) is 9.85. The minimum absolute atomic E-state index is 0.130. The second-order valence-electron chi connectivity index (χ2n) is 2.07. The first kappa shape index (κ1) is 12.4. The van der Waals surface area contributed by atoms with Crippen molar-refractivity contribution < 1.29 is 0 Å². The van der Waals surface area contributed by atoms with Gasteiger partial charge in [-0.05, 0) is 0 Å². The molecule has 0 aromatic heterocycles. The second-order valence-corrected chi connectivity index (χ2v) is 17.9. The standard InChI is InChI=1S/C4H10Br4Si2/c5-3(6)9-1-2-10-4(7)8/h3-4H,1-2,9-10H2. The number of hydrogen-bond donors (Lipinski definition) is 0. The Hall–Kier alpha value is 2.35. The Morgan fingerprint density at radius 2 is 1.10 bits per heavy atom. The number of hydrogen-bond acceptors (Lipinski definition) is 0. The van der Waals surface area contributed by atoms with Crippen LogP contribution in [0.3, 0.4) is 0 Å². The third-order valence-corrected chi connectivity index (χ3v) is 10.3. The molecule has 0 unspecified atom stereocenters. The predicted octanol–water partition coefficient (Wildman–Crippen LogP) is 2.31. The van der Waals surface area contributed by atoms with Crippen molar-refractivity contribution in [1.82, 2.24) is 0 Å². The van der Waals surface area contributed by atoms with Crippen LogP contribution in [0.15, 0.2) is 0 Å². The van der Waals surface area contributed by atoms with Crippen molar-refractivity contribution in [3.63, 3.8) is 0 Å². The van der Waals surface area contributed by atoms with Crippen LogP contribution in [-0.4, -0.2) is 25.8 Å². The largest absolute Gasteiger partial charge is 0.0810 e. The van der Waals surface area contributed by atoms with Crippen molar-refractivity contribution in [3.05, 3.63) is 0 Å². The van der Waals surface area contributed by atoms with E-state index in [4.69, 9.17) is 0 Å². The van der Waals surface area contributed by atoms with Gasteiger partial charge in [0.05, 0.1) is 6.72 Å². The van der Waals surface area contributed by atoms with Gasteiger partial charge in [-0.15, -0.1) is 0 Å². The van der Waals surface area contributed by atoms with Crippen molar-refractivity contribution in [2.75, 3.05) is 0 Å². The minimum atomic E-state index is 0.130. The van der Waals surface area contributed by atoms with Crippen molar-refractivity contribution >= 4 is 82.8 Å². The van der Waals surface area contributed by atoms with Gasteiger partial charge in [-0.2, -0.15) is 0 Å². The summed E-state index contributed by atoms with van der Waals surface area (Å²) in [5.41, 5.74) is 0. The highest BCUT2D eigenvalue weighted by molar-refractivity contribution is 9.25. The summed E-state index contributed by atoms with van der Waals surface area (Å²) >= 11 is 14.0. The first-order valence-electron chi connectivity index (χ1n) is 3.19. The van der Waals surface area contributed by atoms with E-state index in [-0.39, 0.29) is 19.0 Å². The first-order valence-corrected chi connectivity index (χ1v) is 10.5.